The molecule has 0 spiro atoms. The van der Waals surface area contributed by atoms with Gasteiger partial charge in [0.05, 0.1) is 0 Å². The van der Waals surface area contributed by atoms with Crippen LogP contribution < -0.4 is 0 Å². The Hall–Kier alpha value is 0.692. The molecule has 0 amide bonds. The normalized spacial score (nSPS) is 10.6. The molecule has 0 aliphatic carbocycles. The van der Waals surface area contributed by atoms with E-state index in [0.29, 0.717) is 0 Å². The van der Waals surface area contributed by atoms with E-state index in [1.807, 2.05) is 0 Å². The standard InChI is InChI=1S/3C4H9.C2H4O2.O.Sn.Zn/c3*1-3-4-2;1-2(3)4;;;/h3*1,3-4H2,2H3;1H3,(H,3,4);;;/q;;;;;+1;/p-1. The molecule has 0 heterocycles. The Balaban J connectivity index is 0. The maximum atomic E-state index is 11.4. The molecule has 0 aromatic carbocycles. The molecule has 0 radical (unpaired) electrons. The summed E-state index contributed by atoms with van der Waals surface area (Å²) >= 11 is -2.46. The Morgan fingerprint density at radius 3 is 1.42 bits per heavy atom. The Morgan fingerprint density at radius 1 is 0.895 bits per heavy atom. The molecule has 19 heavy (non-hydrogen) atoms. The van der Waals surface area contributed by atoms with Gasteiger partial charge in [0.2, 0.25) is 0 Å². The summed E-state index contributed by atoms with van der Waals surface area (Å²) in [6.45, 7) is 8.27. The summed E-state index contributed by atoms with van der Waals surface area (Å²) in [7, 11) is 0. The first-order valence-corrected chi connectivity index (χ1v) is 16.0. The molecule has 0 unspecified atom stereocenters. The van der Waals surface area contributed by atoms with E-state index in [-0.39, 0.29) is 24.2 Å². The first kappa shape index (κ1) is 22.0. The Bertz CT molecular complexity index is 203. The predicted molar refractivity (Wildman–Crippen MR) is 77.4 cm³/mol. The van der Waals surface area contributed by atoms with E-state index in [9.17, 15) is 4.79 Å². The predicted octanol–water partition coefficient (Wildman–Crippen LogP) is 4.77. The van der Waals surface area contributed by atoms with Gasteiger partial charge in [0, 0.05) is 0 Å². The van der Waals surface area contributed by atoms with Crippen LogP contribution in [0, 0.1) is 0 Å². The second-order valence-electron chi connectivity index (χ2n) is 5.09. The van der Waals surface area contributed by atoms with Gasteiger partial charge in [0.25, 0.3) is 0 Å². The fraction of sp³-hybridized carbons (Fsp3) is 0.929. The van der Waals surface area contributed by atoms with E-state index in [2.05, 4.69) is 20.8 Å². The van der Waals surface area contributed by atoms with Crippen molar-refractivity contribution >= 4 is 24.8 Å². The molecule has 0 aromatic rings. The summed E-state index contributed by atoms with van der Waals surface area (Å²) < 4.78 is 18.0. The van der Waals surface area contributed by atoms with Crippen molar-refractivity contribution in [3.63, 3.8) is 0 Å². The zero-order valence-corrected chi connectivity index (χ0v) is 19.1. The molecule has 0 atom stereocenters. The van der Waals surface area contributed by atoms with Crippen molar-refractivity contribution in [1.29, 1.82) is 0 Å². The molecular weight excluding hydrogens is 400 g/mol. The monoisotopic (exact) mass is 430 g/mol. The van der Waals surface area contributed by atoms with Gasteiger partial charge >= 0.3 is 134 Å². The number of carbonyl (C=O) groups excluding carboxylic acids is 1. The first-order chi connectivity index (χ1) is 9.10. The van der Waals surface area contributed by atoms with Crippen molar-refractivity contribution in [2.45, 2.75) is 79.5 Å². The van der Waals surface area contributed by atoms with E-state index < -0.39 is 18.8 Å². The number of rotatable bonds is 10. The van der Waals surface area contributed by atoms with Gasteiger partial charge in [-0.1, -0.05) is 0 Å². The zero-order valence-electron chi connectivity index (χ0n) is 13.3. The molecule has 5 heteroatoms. The molecule has 0 rings (SSSR count). The molecule has 110 valence electrons. The van der Waals surface area contributed by atoms with Crippen molar-refractivity contribution in [1.82, 2.24) is 0 Å². The molecule has 3 nitrogen and oxygen atoms in total. The van der Waals surface area contributed by atoms with E-state index in [4.69, 9.17) is 6.65 Å². The Kier molecular flexibility index (Phi) is 17.5. The van der Waals surface area contributed by atoms with E-state index >= 15 is 0 Å². The SMILES string of the molecule is CCC[CH2][Sn]([CH2]CCC)([CH2]CCC)[O]C(C)=O.[O]=[Zn]. The Morgan fingerprint density at radius 2 is 1.21 bits per heavy atom. The molecule has 0 aliphatic rings. The van der Waals surface area contributed by atoms with Crippen LogP contribution >= 0.6 is 0 Å². The summed E-state index contributed by atoms with van der Waals surface area (Å²) in [6.07, 6.45) is 7.40. The van der Waals surface area contributed by atoms with Crippen LogP contribution in [-0.2, 0) is 29.7 Å². The first-order valence-electron chi connectivity index (χ1n) is 7.58. The van der Waals surface area contributed by atoms with Crippen molar-refractivity contribution < 1.29 is 29.7 Å². The van der Waals surface area contributed by atoms with Crippen LogP contribution in [0.1, 0.15) is 66.2 Å². The van der Waals surface area contributed by atoms with E-state index in [1.165, 1.54) is 51.8 Å². The maximum absolute atomic E-state index is 11.4. The minimum absolute atomic E-state index is 0.0240. The fourth-order valence-electron chi connectivity index (χ4n) is 2.33. The summed E-state index contributed by atoms with van der Waals surface area (Å²) in [4.78, 5) is 11.4. The number of unbranched alkanes of at least 4 members (excludes halogenated alkanes) is 3. The van der Waals surface area contributed by atoms with Gasteiger partial charge in [0.1, 0.15) is 0 Å². The van der Waals surface area contributed by atoms with Crippen molar-refractivity contribution in [3.8, 4) is 0 Å². The summed E-state index contributed by atoms with van der Waals surface area (Å²) in [5, 5.41) is 0. The van der Waals surface area contributed by atoms with Crippen LogP contribution in [-0.4, -0.2) is 24.8 Å². The fourth-order valence-corrected chi connectivity index (χ4v) is 15.6. The van der Waals surface area contributed by atoms with Gasteiger partial charge < -0.3 is 0 Å². The topological polar surface area (TPSA) is 43.4 Å². The summed E-state index contributed by atoms with van der Waals surface area (Å²) in [5.41, 5.74) is 0. The third-order valence-electron chi connectivity index (χ3n) is 3.32. The third-order valence-corrected chi connectivity index (χ3v) is 16.2. The number of carbonyl (C=O) groups is 1. The van der Waals surface area contributed by atoms with Crippen molar-refractivity contribution in [2.75, 3.05) is 0 Å². The second-order valence-corrected chi connectivity index (χ2v) is 16.7. The molecule has 0 saturated heterocycles. The van der Waals surface area contributed by atoms with Crippen LogP contribution in [0.5, 0.6) is 0 Å². The van der Waals surface area contributed by atoms with Crippen LogP contribution in [0.15, 0.2) is 0 Å². The van der Waals surface area contributed by atoms with Crippen LogP contribution in [0.4, 0.5) is 0 Å². The molecule has 0 fully saturated rings. The molecule has 0 N–H and O–H groups in total. The van der Waals surface area contributed by atoms with E-state index in [0.717, 1.165) is 0 Å². The van der Waals surface area contributed by atoms with Crippen molar-refractivity contribution in [2.24, 2.45) is 0 Å². The van der Waals surface area contributed by atoms with Crippen LogP contribution in [0.3, 0.4) is 0 Å². The molecular formula is C14H30O3SnZn. The van der Waals surface area contributed by atoms with Crippen LogP contribution in [0.25, 0.3) is 0 Å². The van der Waals surface area contributed by atoms with Gasteiger partial charge in [0.15, 0.2) is 0 Å². The average Bonchev–Trinajstić information content (AvgIpc) is 2.42. The molecule has 0 saturated carbocycles. The van der Waals surface area contributed by atoms with E-state index in [1.54, 1.807) is 6.92 Å². The molecule has 0 aliphatic heterocycles. The second kappa shape index (κ2) is 15.1. The van der Waals surface area contributed by atoms with Gasteiger partial charge in [-0.3, -0.25) is 0 Å². The van der Waals surface area contributed by atoms with Crippen molar-refractivity contribution in [3.05, 3.63) is 0 Å². The number of hydrogen-bond acceptors (Lipinski definition) is 3. The van der Waals surface area contributed by atoms with Gasteiger partial charge in [-0.05, 0) is 0 Å². The third kappa shape index (κ3) is 12.2. The van der Waals surface area contributed by atoms with Gasteiger partial charge in [-0.2, -0.15) is 0 Å². The summed E-state index contributed by atoms with van der Waals surface area (Å²) in [5.74, 6) is -0.0240. The molecule has 0 bridgehead atoms. The quantitative estimate of drug-likeness (QED) is 0.469. The zero-order chi connectivity index (χ0) is 15.1. The number of hydrogen-bond donors (Lipinski definition) is 0. The molecule has 0 aromatic heterocycles. The summed E-state index contributed by atoms with van der Waals surface area (Å²) in [6, 6.07) is 0. The average molecular weight is 430 g/mol. The van der Waals surface area contributed by atoms with Gasteiger partial charge in [-0.15, -0.1) is 0 Å². The Labute approximate surface area is 133 Å². The van der Waals surface area contributed by atoms with Crippen LogP contribution in [0.2, 0.25) is 13.3 Å². The minimum atomic E-state index is -2.59. The van der Waals surface area contributed by atoms with Gasteiger partial charge in [-0.25, -0.2) is 0 Å².